The molecule has 3 nitrogen and oxygen atoms in total. The fourth-order valence-electron chi connectivity index (χ4n) is 9.38. The molecule has 0 aliphatic rings. The molecule has 0 saturated heterocycles. The SMILES string of the molecule is C=c1cccc/c1=c1\cccc\c1=C/c1ccc(N(c2ccc(-c3cccc4c3oc3ccccc34)cc2)c2ccccc2-c2cccc3c2oc2c4ccccc4ccc32)cc1. The molecule has 10 aromatic carbocycles. The fraction of sp³-hybridized carbons (Fsp3) is 0. The maximum Gasteiger partial charge on any atom is 0.143 e. The van der Waals surface area contributed by atoms with Crippen LogP contribution in [0.1, 0.15) is 5.56 Å². The van der Waals surface area contributed by atoms with E-state index in [0.29, 0.717) is 0 Å². The fourth-order valence-corrected chi connectivity index (χ4v) is 9.38. The van der Waals surface area contributed by atoms with Crippen molar-refractivity contribution in [2.75, 3.05) is 4.90 Å². The number of fused-ring (bicyclic) bond motifs is 8. The van der Waals surface area contributed by atoms with Crippen molar-refractivity contribution in [3.05, 3.63) is 245 Å². The Morgan fingerprint density at radius 2 is 0.968 bits per heavy atom. The van der Waals surface area contributed by atoms with Gasteiger partial charge >= 0.3 is 0 Å². The summed E-state index contributed by atoms with van der Waals surface area (Å²) in [6, 6.07) is 77.2. The highest BCUT2D eigenvalue weighted by molar-refractivity contribution is 6.18. The Kier molecular flexibility index (Phi) is 8.65. The Labute approximate surface area is 363 Å². The second-order valence-corrected chi connectivity index (χ2v) is 16.1. The van der Waals surface area contributed by atoms with Crippen molar-refractivity contribution in [2.24, 2.45) is 0 Å². The largest absolute Gasteiger partial charge is 0.455 e. The lowest BCUT2D eigenvalue weighted by Gasteiger charge is -2.28. The van der Waals surface area contributed by atoms with Gasteiger partial charge in [-0.1, -0.05) is 183 Å². The Balaban J connectivity index is 1.03. The van der Waals surface area contributed by atoms with Crippen molar-refractivity contribution in [3.8, 4) is 22.3 Å². The predicted molar refractivity (Wildman–Crippen MR) is 263 cm³/mol. The zero-order chi connectivity index (χ0) is 41.9. The second kappa shape index (κ2) is 14.9. The van der Waals surface area contributed by atoms with Gasteiger partial charge in [0, 0.05) is 55.0 Å². The maximum absolute atomic E-state index is 6.90. The van der Waals surface area contributed by atoms with Gasteiger partial charge in [0.15, 0.2) is 0 Å². The van der Waals surface area contributed by atoms with Gasteiger partial charge in [0.25, 0.3) is 0 Å². The third kappa shape index (κ3) is 6.21. The summed E-state index contributed by atoms with van der Waals surface area (Å²) in [7, 11) is 0. The number of furan rings is 2. The van der Waals surface area contributed by atoms with Crippen LogP contribution in [0.4, 0.5) is 17.1 Å². The zero-order valence-electron chi connectivity index (χ0n) is 34.3. The summed E-state index contributed by atoms with van der Waals surface area (Å²) in [5, 5.41) is 11.2. The first-order valence-electron chi connectivity index (χ1n) is 21.3. The lowest BCUT2D eigenvalue weighted by atomic mass is 9.98. The van der Waals surface area contributed by atoms with E-state index in [1.807, 2.05) is 18.2 Å². The molecule has 296 valence electrons. The number of rotatable bonds is 6. The summed E-state index contributed by atoms with van der Waals surface area (Å²) in [6.45, 7) is 4.32. The van der Waals surface area contributed by atoms with Gasteiger partial charge < -0.3 is 13.7 Å². The van der Waals surface area contributed by atoms with E-state index in [-0.39, 0.29) is 0 Å². The lowest BCUT2D eigenvalue weighted by Crippen LogP contribution is -2.11. The standard InChI is InChI=1S/C60H39NO2/c1-39-14-2-5-17-46(39)47-18-6-4-16-43(47)38-40-28-33-44(34-29-40)61(45-35-30-42(31-36-45)49-22-12-24-53-51-21-9-11-27-57(51)62-58(49)53)56-26-10-8-20-50(56)52-23-13-25-54-55-37-32-41-15-3-7-19-48(41)59(55)63-60(52)54/h2-38H,1H2/b43-38+,47-46-. The first-order chi connectivity index (χ1) is 31.2. The molecule has 63 heavy (non-hydrogen) atoms. The quantitative estimate of drug-likeness (QED) is 0.168. The van der Waals surface area contributed by atoms with E-state index >= 15 is 0 Å². The van der Waals surface area contributed by atoms with E-state index in [9.17, 15) is 0 Å². The van der Waals surface area contributed by atoms with Crippen LogP contribution in [0.25, 0.3) is 89.6 Å². The molecular weight excluding hydrogens is 767 g/mol. The van der Waals surface area contributed by atoms with Crippen LogP contribution in [0.5, 0.6) is 0 Å². The van der Waals surface area contributed by atoms with Crippen molar-refractivity contribution in [2.45, 2.75) is 0 Å². The molecule has 2 aromatic heterocycles. The molecule has 0 unspecified atom stereocenters. The molecule has 0 saturated carbocycles. The van der Waals surface area contributed by atoms with E-state index in [1.165, 1.54) is 0 Å². The summed E-state index contributed by atoms with van der Waals surface area (Å²) in [6.07, 6.45) is 2.25. The molecule has 0 aliphatic carbocycles. The third-order valence-corrected chi connectivity index (χ3v) is 12.4. The van der Waals surface area contributed by atoms with Crippen molar-refractivity contribution in [1.82, 2.24) is 0 Å². The first kappa shape index (κ1) is 36.5. The van der Waals surface area contributed by atoms with Gasteiger partial charge in [0.05, 0.1) is 5.69 Å². The average Bonchev–Trinajstić information content (AvgIpc) is 3.92. The van der Waals surface area contributed by atoms with Crippen molar-refractivity contribution in [3.63, 3.8) is 0 Å². The molecule has 0 bridgehead atoms. The van der Waals surface area contributed by atoms with E-state index in [4.69, 9.17) is 8.83 Å². The summed E-state index contributed by atoms with van der Waals surface area (Å²) in [5.41, 5.74) is 12.0. The van der Waals surface area contributed by atoms with Gasteiger partial charge in [-0.2, -0.15) is 0 Å². The Bertz CT molecular complexity index is 3930. The van der Waals surface area contributed by atoms with Crippen LogP contribution in [0, 0.1) is 10.4 Å². The van der Waals surface area contributed by atoms with E-state index in [0.717, 1.165) is 120 Å². The van der Waals surface area contributed by atoms with Crippen molar-refractivity contribution < 1.29 is 8.83 Å². The molecule has 0 aliphatic heterocycles. The third-order valence-electron chi connectivity index (χ3n) is 12.4. The molecule has 0 spiro atoms. The van der Waals surface area contributed by atoms with Crippen LogP contribution < -0.4 is 15.3 Å². The van der Waals surface area contributed by atoms with Crippen LogP contribution in [-0.4, -0.2) is 0 Å². The molecule has 0 atom stereocenters. The van der Waals surface area contributed by atoms with Crippen LogP contribution in [-0.2, 0) is 0 Å². The molecule has 0 N–H and O–H groups in total. The Morgan fingerprint density at radius 1 is 0.381 bits per heavy atom. The van der Waals surface area contributed by atoms with Gasteiger partial charge in [-0.3, -0.25) is 0 Å². The van der Waals surface area contributed by atoms with Crippen molar-refractivity contribution in [1.29, 1.82) is 0 Å². The molecule has 0 fully saturated rings. The number of nitrogens with zero attached hydrogens (tertiary/aromatic N) is 1. The summed E-state index contributed by atoms with van der Waals surface area (Å²) >= 11 is 0. The summed E-state index contributed by atoms with van der Waals surface area (Å²) < 4.78 is 13.4. The number of benzene rings is 10. The highest BCUT2D eigenvalue weighted by Gasteiger charge is 2.21. The number of anilines is 3. The van der Waals surface area contributed by atoms with E-state index in [1.54, 1.807) is 0 Å². The molecule has 12 aromatic rings. The highest BCUT2D eigenvalue weighted by Crippen LogP contribution is 2.45. The zero-order valence-corrected chi connectivity index (χ0v) is 34.3. The van der Waals surface area contributed by atoms with Gasteiger partial charge in [0.1, 0.15) is 22.3 Å². The summed E-state index contributed by atoms with van der Waals surface area (Å²) in [4.78, 5) is 2.36. The molecule has 12 rings (SSSR count). The molecule has 0 radical (unpaired) electrons. The summed E-state index contributed by atoms with van der Waals surface area (Å²) in [5.74, 6) is 0. The van der Waals surface area contributed by atoms with Crippen LogP contribution in [0.15, 0.2) is 227 Å². The average molecular weight is 806 g/mol. The van der Waals surface area contributed by atoms with E-state index < -0.39 is 0 Å². The van der Waals surface area contributed by atoms with Crippen LogP contribution >= 0.6 is 0 Å². The number of hydrogen-bond acceptors (Lipinski definition) is 3. The highest BCUT2D eigenvalue weighted by atomic mass is 16.3. The Morgan fingerprint density at radius 3 is 1.79 bits per heavy atom. The smallest absolute Gasteiger partial charge is 0.143 e. The molecular formula is C60H39NO2. The molecule has 2 heterocycles. The predicted octanol–water partition coefficient (Wildman–Crippen LogP) is 15.0. The van der Waals surface area contributed by atoms with Crippen LogP contribution in [0.3, 0.4) is 0 Å². The monoisotopic (exact) mass is 805 g/mol. The Hall–Kier alpha value is -8.40. The minimum Gasteiger partial charge on any atom is -0.455 e. The normalized spacial score (nSPS) is 12.5. The topological polar surface area (TPSA) is 29.5 Å². The van der Waals surface area contributed by atoms with E-state index in [2.05, 4.69) is 218 Å². The number of hydrogen-bond donors (Lipinski definition) is 0. The minimum absolute atomic E-state index is 0.873. The maximum atomic E-state index is 6.90. The van der Waals surface area contributed by atoms with Gasteiger partial charge in [-0.05, 0) is 85.9 Å². The van der Waals surface area contributed by atoms with Gasteiger partial charge in [-0.25, -0.2) is 0 Å². The number of para-hydroxylation sites is 4. The van der Waals surface area contributed by atoms with Crippen molar-refractivity contribution >= 4 is 84.4 Å². The van der Waals surface area contributed by atoms with Gasteiger partial charge in [-0.15, -0.1) is 0 Å². The van der Waals surface area contributed by atoms with Crippen LogP contribution in [0.2, 0.25) is 0 Å². The van der Waals surface area contributed by atoms with Gasteiger partial charge in [0.2, 0.25) is 0 Å². The second-order valence-electron chi connectivity index (χ2n) is 16.1. The lowest BCUT2D eigenvalue weighted by molar-refractivity contribution is 0.670. The first-order valence-corrected chi connectivity index (χ1v) is 21.3. The minimum atomic E-state index is 0.873. The molecule has 3 heteroatoms. The molecule has 0 amide bonds.